The average Bonchev–Trinajstić information content (AvgIpc) is 2.95. The summed E-state index contributed by atoms with van der Waals surface area (Å²) < 4.78 is 11.7. The Morgan fingerprint density at radius 3 is 2.72 bits per heavy atom. The Kier molecular flexibility index (Phi) is 8.20. The summed E-state index contributed by atoms with van der Waals surface area (Å²) in [6.45, 7) is 5.98. The highest BCUT2D eigenvalue weighted by atomic mass is 16.6. The number of hydrogen-bond donors (Lipinski definition) is 3. The third-order valence-corrected chi connectivity index (χ3v) is 5.07. The molecule has 9 heteroatoms. The molecule has 1 aliphatic rings. The minimum Gasteiger partial charge on any atom is -0.449 e. The molecule has 1 aliphatic heterocycles. The van der Waals surface area contributed by atoms with Crippen molar-refractivity contribution < 1.29 is 24.5 Å². The summed E-state index contributed by atoms with van der Waals surface area (Å²) in [5.41, 5.74) is -0.677. The van der Waals surface area contributed by atoms with E-state index in [0.717, 1.165) is 30.3 Å². The summed E-state index contributed by atoms with van der Waals surface area (Å²) in [6, 6.07) is 0. The number of aliphatic hydroxyl groups excluding tert-OH is 2. The van der Waals surface area contributed by atoms with Gasteiger partial charge in [-0.1, -0.05) is 39.0 Å². The quantitative estimate of drug-likeness (QED) is 0.560. The molecule has 2 heterocycles. The standard InChI is InChI=1S/C20H29N3O6/c1-5-8-9-13(6-2)11-28-20(27)22-17-14(7-3)10-23(19(26)21-17)18-16(25)15(24)12(4)29-18/h3,10,12-13,15-16,18,24-25H,5-6,8-9,11H2,1-2,4H3,(H,21,22,26,27)/t12-,13?,15?,16?,18-/m1/s1. The fourth-order valence-electron chi connectivity index (χ4n) is 3.13. The van der Waals surface area contributed by atoms with Crippen LogP contribution < -0.4 is 11.0 Å². The number of nitrogens with one attached hydrogen (secondary N) is 1. The van der Waals surface area contributed by atoms with E-state index in [2.05, 4.69) is 23.1 Å². The van der Waals surface area contributed by atoms with Crippen LogP contribution in [0.3, 0.4) is 0 Å². The van der Waals surface area contributed by atoms with E-state index in [1.807, 2.05) is 6.92 Å². The summed E-state index contributed by atoms with van der Waals surface area (Å²) in [4.78, 5) is 28.3. The Balaban J connectivity index is 2.10. The first-order chi connectivity index (χ1) is 13.8. The molecule has 160 valence electrons. The lowest BCUT2D eigenvalue weighted by atomic mass is 10.0. The van der Waals surface area contributed by atoms with Crippen molar-refractivity contribution in [2.24, 2.45) is 5.92 Å². The van der Waals surface area contributed by atoms with E-state index in [-0.39, 0.29) is 23.9 Å². The van der Waals surface area contributed by atoms with Crippen LogP contribution in [0.25, 0.3) is 0 Å². The molecule has 2 rings (SSSR count). The molecule has 5 atom stereocenters. The highest BCUT2D eigenvalue weighted by molar-refractivity contribution is 5.84. The maximum absolute atomic E-state index is 12.4. The number of aromatic nitrogens is 2. The molecule has 0 aliphatic carbocycles. The normalized spacial score (nSPS) is 24.7. The van der Waals surface area contributed by atoms with Crippen molar-refractivity contribution in [3.63, 3.8) is 0 Å². The molecule has 0 spiro atoms. The van der Waals surface area contributed by atoms with E-state index >= 15 is 0 Å². The number of carbonyl (C=O) groups excluding carboxylic acids is 1. The molecule has 1 aromatic heterocycles. The van der Waals surface area contributed by atoms with Crippen molar-refractivity contribution in [3.05, 3.63) is 22.2 Å². The Bertz CT molecular complexity index is 802. The molecule has 29 heavy (non-hydrogen) atoms. The first kappa shape index (κ1) is 22.9. The second-order valence-electron chi connectivity index (χ2n) is 7.19. The monoisotopic (exact) mass is 407 g/mol. The molecule has 0 saturated carbocycles. The van der Waals surface area contributed by atoms with Crippen LogP contribution in [-0.4, -0.2) is 50.8 Å². The zero-order valence-electron chi connectivity index (χ0n) is 17.0. The van der Waals surface area contributed by atoms with E-state index in [4.69, 9.17) is 15.9 Å². The van der Waals surface area contributed by atoms with Gasteiger partial charge in [0.2, 0.25) is 0 Å². The van der Waals surface area contributed by atoms with Gasteiger partial charge in [0, 0.05) is 6.20 Å². The van der Waals surface area contributed by atoms with Crippen LogP contribution in [0.1, 0.15) is 58.2 Å². The Labute approximate surface area is 170 Å². The van der Waals surface area contributed by atoms with Gasteiger partial charge < -0.3 is 19.7 Å². The van der Waals surface area contributed by atoms with Crippen LogP contribution in [-0.2, 0) is 9.47 Å². The molecule has 9 nitrogen and oxygen atoms in total. The SMILES string of the molecule is C#Cc1cn([C@@H]2O[C@H](C)C(O)C2O)c(=O)nc1NC(=O)OCC(CC)CCCC. The fourth-order valence-corrected chi connectivity index (χ4v) is 3.13. The van der Waals surface area contributed by atoms with E-state index in [1.54, 1.807) is 6.92 Å². The Morgan fingerprint density at radius 2 is 2.17 bits per heavy atom. The van der Waals surface area contributed by atoms with Crippen LogP contribution in [0.2, 0.25) is 0 Å². The van der Waals surface area contributed by atoms with Gasteiger partial charge in [-0.15, -0.1) is 6.42 Å². The van der Waals surface area contributed by atoms with Crippen LogP contribution in [0.15, 0.2) is 11.0 Å². The fraction of sp³-hybridized carbons (Fsp3) is 0.650. The summed E-state index contributed by atoms with van der Waals surface area (Å²) >= 11 is 0. The largest absolute Gasteiger partial charge is 0.449 e. The van der Waals surface area contributed by atoms with Gasteiger partial charge >= 0.3 is 11.8 Å². The van der Waals surface area contributed by atoms with Gasteiger partial charge in [0.05, 0.1) is 18.3 Å². The maximum atomic E-state index is 12.4. The molecule has 3 N–H and O–H groups in total. The third-order valence-electron chi connectivity index (χ3n) is 5.07. The van der Waals surface area contributed by atoms with Crippen LogP contribution in [0.4, 0.5) is 10.6 Å². The summed E-state index contributed by atoms with van der Waals surface area (Å²) in [6.07, 6.45) is 5.73. The summed E-state index contributed by atoms with van der Waals surface area (Å²) in [7, 11) is 0. The lowest BCUT2D eigenvalue weighted by Gasteiger charge is -2.18. The van der Waals surface area contributed by atoms with E-state index < -0.39 is 36.3 Å². The Morgan fingerprint density at radius 1 is 1.45 bits per heavy atom. The predicted molar refractivity (Wildman–Crippen MR) is 106 cm³/mol. The van der Waals surface area contributed by atoms with Gasteiger partial charge in [0.25, 0.3) is 0 Å². The molecule has 0 aromatic carbocycles. The molecule has 0 bridgehead atoms. The lowest BCUT2D eigenvalue weighted by Crippen LogP contribution is -2.36. The number of carbonyl (C=O) groups is 1. The number of nitrogens with zero attached hydrogens (tertiary/aromatic N) is 2. The number of terminal acetylenes is 1. The first-order valence-corrected chi connectivity index (χ1v) is 9.87. The van der Waals surface area contributed by atoms with Crippen LogP contribution in [0, 0.1) is 18.3 Å². The molecule has 1 saturated heterocycles. The van der Waals surface area contributed by atoms with Crippen molar-refractivity contribution in [2.45, 2.75) is 71.0 Å². The highest BCUT2D eigenvalue weighted by Gasteiger charge is 2.42. The topological polar surface area (TPSA) is 123 Å². The van der Waals surface area contributed by atoms with Gasteiger partial charge in [0.15, 0.2) is 12.0 Å². The number of hydrogen-bond acceptors (Lipinski definition) is 7. The zero-order chi connectivity index (χ0) is 21.6. The first-order valence-electron chi connectivity index (χ1n) is 9.87. The lowest BCUT2D eigenvalue weighted by molar-refractivity contribution is -0.0350. The summed E-state index contributed by atoms with van der Waals surface area (Å²) in [5, 5.41) is 22.3. The zero-order valence-corrected chi connectivity index (χ0v) is 17.0. The number of amides is 1. The molecular formula is C20H29N3O6. The smallest absolute Gasteiger partial charge is 0.412 e. The maximum Gasteiger partial charge on any atom is 0.412 e. The van der Waals surface area contributed by atoms with Crippen molar-refractivity contribution in [1.29, 1.82) is 0 Å². The molecular weight excluding hydrogens is 378 g/mol. The average molecular weight is 407 g/mol. The van der Waals surface area contributed by atoms with Gasteiger partial charge in [-0.3, -0.25) is 9.88 Å². The van der Waals surface area contributed by atoms with Crippen LogP contribution >= 0.6 is 0 Å². The second-order valence-corrected chi connectivity index (χ2v) is 7.19. The van der Waals surface area contributed by atoms with Crippen molar-refractivity contribution in [1.82, 2.24) is 9.55 Å². The van der Waals surface area contributed by atoms with E-state index in [1.165, 1.54) is 6.20 Å². The molecule has 1 amide bonds. The molecule has 3 unspecified atom stereocenters. The van der Waals surface area contributed by atoms with Gasteiger partial charge in [-0.2, -0.15) is 4.98 Å². The Hall–Kier alpha value is -2.41. The van der Waals surface area contributed by atoms with Crippen LogP contribution in [0.5, 0.6) is 0 Å². The number of aliphatic hydroxyl groups is 2. The van der Waals surface area contributed by atoms with Crippen molar-refractivity contribution >= 4 is 11.9 Å². The van der Waals surface area contributed by atoms with Gasteiger partial charge in [-0.05, 0) is 19.3 Å². The minimum absolute atomic E-state index is 0.110. The third kappa shape index (κ3) is 5.56. The van der Waals surface area contributed by atoms with Gasteiger partial charge in [0.1, 0.15) is 12.2 Å². The van der Waals surface area contributed by atoms with E-state index in [9.17, 15) is 19.8 Å². The number of ether oxygens (including phenoxy) is 2. The molecule has 0 radical (unpaired) electrons. The predicted octanol–water partition coefficient (Wildman–Crippen LogP) is 1.63. The number of rotatable bonds is 8. The van der Waals surface area contributed by atoms with Crippen molar-refractivity contribution in [2.75, 3.05) is 11.9 Å². The molecule has 1 fully saturated rings. The van der Waals surface area contributed by atoms with Crippen molar-refractivity contribution in [3.8, 4) is 12.3 Å². The number of anilines is 1. The van der Waals surface area contributed by atoms with Gasteiger partial charge in [-0.25, -0.2) is 9.59 Å². The molecule has 1 aromatic rings. The minimum atomic E-state index is -1.31. The number of unbranched alkanes of at least 4 members (excludes halogenated alkanes) is 1. The van der Waals surface area contributed by atoms with E-state index in [0.29, 0.717) is 0 Å². The summed E-state index contributed by atoms with van der Waals surface area (Å²) in [5.74, 6) is 2.50. The highest BCUT2D eigenvalue weighted by Crippen LogP contribution is 2.28. The second kappa shape index (κ2) is 10.4.